The summed E-state index contributed by atoms with van der Waals surface area (Å²) in [5.74, 6) is 1.48. The standard InChI is InChI=1S/C24H25ClFN5O2/c1-16-14-22(28-17-6-8-18(33-2)9-7-17)29-24(27-16)31-12-10-30(11-13-31)23(32)15-19-20(25)4-3-5-21(19)26/h3-9,14H,10-13,15H2,1-2H3,(H,27,28,29). The minimum atomic E-state index is -0.459. The second-order valence-corrected chi connectivity index (χ2v) is 8.20. The van der Waals surface area contributed by atoms with Gasteiger partial charge in [-0.2, -0.15) is 4.98 Å². The number of methoxy groups -OCH3 is 1. The van der Waals surface area contributed by atoms with E-state index >= 15 is 0 Å². The van der Waals surface area contributed by atoms with E-state index in [0.717, 1.165) is 17.1 Å². The molecule has 1 aliphatic heterocycles. The summed E-state index contributed by atoms with van der Waals surface area (Å²) in [6.07, 6.45) is -0.0532. The van der Waals surface area contributed by atoms with Gasteiger partial charge in [0.25, 0.3) is 0 Å². The normalized spacial score (nSPS) is 13.7. The third-order valence-electron chi connectivity index (χ3n) is 5.51. The van der Waals surface area contributed by atoms with E-state index in [0.29, 0.717) is 37.9 Å². The first kappa shape index (κ1) is 22.8. The first-order valence-corrected chi connectivity index (χ1v) is 11.0. The van der Waals surface area contributed by atoms with Crippen molar-refractivity contribution in [2.75, 3.05) is 43.5 Å². The fourth-order valence-corrected chi connectivity index (χ4v) is 3.93. The monoisotopic (exact) mass is 469 g/mol. The molecule has 7 nitrogen and oxygen atoms in total. The molecule has 1 fully saturated rings. The van der Waals surface area contributed by atoms with Gasteiger partial charge in [0.1, 0.15) is 17.4 Å². The second-order valence-electron chi connectivity index (χ2n) is 7.79. The molecule has 9 heteroatoms. The summed E-state index contributed by atoms with van der Waals surface area (Å²) in [4.78, 5) is 25.7. The maximum absolute atomic E-state index is 14.0. The van der Waals surface area contributed by atoms with Crippen LogP contribution in [-0.2, 0) is 11.2 Å². The predicted molar refractivity (Wildman–Crippen MR) is 127 cm³/mol. The number of benzene rings is 2. The average molecular weight is 470 g/mol. The molecule has 4 rings (SSSR count). The number of halogens is 2. The number of rotatable bonds is 6. The van der Waals surface area contributed by atoms with Crippen LogP contribution in [0.1, 0.15) is 11.3 Å². The van der Waals surface area contributed by atoms with Crippen LogP contribution in [0.2, 0.25) is 5.02 Å². The highest BCUT2D eigenvalue weighted by Gasteiger charge is 2.24. The zero-order chi connectivity index (χ0) is 23.4. The number of nitrogens with zero attached hydrogens (tertiary/aromatic N) is 4. The zero-order valence-corrected chi connectivity index (χ0v) is 19.3. The highest BCUT2D eigenvalue weighted by Crippen LogP contribution is 2.23. The Labute approximate surface area is 197 Å². The lowest BCUT2D eigenvalue weighted by atomic mass is 10.1. The van der Waals surface area contributed by atoms with Gasteiger partial charge in [0, 0.05) is 54.2 Å². The highest BCUT2D eigenvalue weighted by molar-refractivity contribution is 6.31. The molecule has 0 atom stereocenters. The fourth-order valence-electron chi connectivity index (χ4n) is 3.70. The zero-order valence-electron chi connectivity index (χ0n) is 18.5. The number of amides is 1. The molecule has 0 aliphatic carbocycles. The van der Waals surface area contributed by atoms with Gasteiger partial charge in [-0.15, -0.1) is 0 Å². The predicted octanol–water partition coefficient (Wildman–Crippen LogP) is 4.22. The van der Waals surface area contributed by atoms with Crippen molar-refractivity contribution in [2.45, 2.75) is 13.3 Å². The summed E-state index contributed by atoms with van der Waals surface area (Å²) >= 11 is 6.07. The number of ether oxygens (including phenoxy) is 1. The average Bonchev–Trinajstić information content (AvgIpc) is 2.81. The van der Waals surface area contributed by atoms with Crippen LogP contribution in [0, 0.1) is 12.7 Å². The molecule has 2 aromatic carbocycles. The first-order valence-electron chi connectivity index (χ1n) is 10.7. The molecule has 1 aromatic heterocycles. The molecule has 1 amide bonds. The Balaban J connectivity index is 1.39. The lowest BCUT2D eigenvalue weighted by Crippen LogP contribution is -2.49. The van der Waals surface area contributed by atoms with Crippen LogP contribution >= 0.6 is 11.6 Å². The van der Waals surface area contributed by atoms with Crippen molar-refractivity contribution in [2.24, 2.45) is 0 Å². The summed E-state index contributed by atoms with van der Waals surface area (Å²) in [7, 11) is 1.63. The molecule has 1 saturated heterocycles. The second kappa shape index (κ2) is 10.0. The lowest BCUT2D eigenvalue weighted by Gasteiger charge is -2.35. The van der Waals surface area contributed by atoms with Gasteiger partial charge < -0.3 is 19.9 Å². The number of nitrogens with one attached hydrogen (secondary N) is 1. The van der Waals surface area contributed by atoms with Gasteiger partial charge in [-0.05, 0) is 43.3 Å². The summed E-state index contributed by atoms with van der Waals surface area (Å²) in [6.45, 7) is 4.10. The van der Waals surface area contributed by atoms with Crippen molar-refractivity contribution in [1.82, 2.24) is 14.9 Å². The number of carbonyl (C=O) groups is 1. The molecule has 1 N–H and O–H groups in total. The van der Waals surface area contributed by atoms with E-state index in [1.807, 2.05) is 42.2 Å². The van der Waals surface area contributed by atoms with Crippen molar-refractivity contribution >= 4 is 35.0 Å². The van der Waals surface area contributed by atoms with Crippen LogP contribution in [0.25, 0.3) is 0 Å². The number of aryl methyl sites for hydroxylation is 1. The molecule has 0 saturated carbocycles. The summed E-state index contributed by atoms with van der Waals surface area (Å²) in [6, 6.07) is 13.9. The molecule has 2 heterocycles. The SMILES string of the molecule is COc1ccc(Nc2cc(C)nc(N3CCN(C(=O)Cc4c(F)cccc4Cl)CC3)n2)cc1. The van der Waals surface area contributed by atoms with E-state index in [-0.39, 0.29) is 22.9 Å². The van der Waals surface area contributed by atoms with Crippen molar-refractivity contribution in [1.29, 1.82) is 0 Å². The maximum Gasteiger partial charge on any atom is 0.227 e. The summed E-state index contributed by atoms with van der Waals surface area (Å²) < 4.78 is 19.2. The minimum Gasteiger partial charge on any atom is -0.497 e. The van der Waals surface area contributed by atoms with Gasteiger partial charge in [-0.25, -0.2) is 9.37 Å². The minimum absolute atomic E-state index is 0.0532. The summed E-state index contributed by atoms with van der Waals surface area (Å²) in [5, 5.41) is 3.56. The van der Waals surface area contributed by atoms with Gasteiger partial charge in [-0.1, -0.05) is 17.7 Å². The van der Waals surface area contributed by atoms with Crippen LogP contribution in [0.3, 0.4) is 0 Å². The Bertz CT molecular complexity index is 1110. The van der Waals surface area contributed by atoms with E-state index in [4.69, 9.17) is 16.3 Å². The number of aromatic nitrogens is 2. The first-order chi connectivity index (χ1) is 15.9. The number of hydrogen-bond acceptors (Lipinski definition) is 6. The summed E-state index contributed by atoms with van der Waals surface area (Å²) in [5.41, 5.74) is 1.97. The largest absolute Gasteiger partial charge is 0.497 e. The van der Waals surface area contributed by atoms with Gasteiger partial charge in [0.15, 0.2) is 0 Å². The number of hydrogen-bond donors (Lipinski definition) is 1. The molecular formula is C24H25ClFN5O2. The van der Waals surface area contributed by atoms with Crippen molar-refractivity contribution in [3.05, 3.63) is 70.6 Å². The molecule has 0 spiro atoms. The third-order valence-corrected chi connectivity index (χ3v) is 5.86. The molecular weight excluding hydrogens is 445 g/mol. The number of anilines is 3. The smallest absolute Gasteiger partial charge is 0.227 e. The van der Waals surface area contributed by atoms with Gasteiger partial charge in [-0.3, -0.25) is 4.79 Å². The van der Waals surface area contributed by atoms with E-state index in [9.17, 15) is 9.18 Å². The Morgan fingerprint density at radius 2 is 1.85 bits per heavy atom. The quantitative estimate of drug-likeness (QED) is 0.583. The molecule has 33 heavy (non-hydrogen) atoms. The van der Waals surface area contributed by atoms with Gasteiger partial charge in [0.2, 0.25) is 11.9 Å². The third kappa shape index (κ3) is 5.51. The number of carbonyl (C=O) groups excluding carboxylic acids is 1. The topological polar surface area (TPSA) is 70.6 Å². The van der Waals surface area contributed by atoms with Crippen molar-refractivity contribution < 1.29 is 13.9 Å². The van der Waals surface area contributed by atoms with Crippen LogP contribution in [0.5, 0.6) is 5.75 Å². The molecule has 3 aromatic rings. The highest BCUT2D eigenvalue weighted by atomic mass is 35.5. The van der Waals surface area contributed by atoms with E-state index in [2.05, 4.69) is 15.3 Å². The van der Waals surface area contributed by atoms with Crippen molar-refractivity contribution in [3.63, 3.8) is 0 Å². The Morgan fingerprint density at radius 1 is 1.12 bits per heavy atom. The van der Waals surface area contributed by atoms with E-state index in [1.165, 1.54) is 12.1 Å². The number of piperazine rings is 1. The van der Waals surface area contributed by atoms with Crippen molar-refractivity contribution in [3.8, 4) is 5.75 Å². The lowest BCUT2D eigenvalue weighted by molar-refractivity contribution is -0.130. The molecule has 172 valence electrons. The molecule has 1 aliphatic rings. The molecule has 0 bridgehead atoms. The van der Waals surface area contributed by atoms with E-state index in [1.54, 1.807) is 18.1 Å². The van der Waals surface area contributed by atoms with Gasteiger partial charge >= 0.3 is 0 Å². The van der Waals surface area contributed by atoms with Gasteiger partial charge in [0.05, 0.1) is 13.5 Å². The maximum atomic E-state index is 14.0. The Hall–Kier alpha value is -3.39. The van der Waals surface area contributed by atoms with E-state index < -0.39 is 5.82 Å². The van der Waals surface area contributed by atoms with Crippen LogP contribution in [0.4, 0.5) is 21.8 Å². The molecule has 0 unspecified atom stereocenters. The van der Waals surface area contributed by atoms with Crippen LogP contribution in [-0.4, -0.2) is 54.1 Å². The molecule has 0 radical (unpaired) electrons. The Kier molecular flexibility index (Phi) is 6.93. The Morgan fingerprint density at radius 3 is 2.52 bits per heavy atom. The van der Waals surface area contributed by atoms with Crippen LogP contribution < -0.4 is 15.0 Å². The fraction of sp³-hybridized carbons (Fsp3) is 0.292. The van der Waals surface area contributed by atoms with Crippen LogP contribution in [0.15, 0.2) is 48.5 Å².